The summed E-state index contributed by atoms with van der Waals surface area (Å²) in [6.07, 6.45) is 3.48. The number of carboxylic acid groups (broad SMARTS) is 1. The van der Waals surface area contributed by atoms with Crippen LogP contribution in [0.3, 0.4) is 0 Å². The minimum absolute atomic E-state index is 0. The van der Waals surface area contributed by atoms with Crippen molar-refractivity contribution in [3.63, 3.8) is 0 Å². The Morgan fingerprint density at radius 1 is 1.23 bits per heavy atom. The van der Waals surface area contributed by atoms with Crippen LogP contribution >= 0.6 is 11.8 Å². The fraction of sp³-hybridized carbons (Fsp3) is 0.286. The molecular weight excluding hydrogens is 435 g/mol. The van der Waals surface area contributed by atoms with Crippen LogP contribution in [0, 0.1) is 6.92 Å². The Bertz CT molecular complexity index is 952. The zero-order chi connectivity index (χ0) is 21.4. The number of hydrogen-bond donors (Lipinski definition) is 1. The van der Waals surface area contributed by atoms with E-state index in [1.54, 1.807) is 12.1 Å². The number of hydrogen-bond acceptors (Lipinski definition) is 4. The number of sulfonamides is 1. The van der Waals surface area contributed by atoms with Gasteiger partial charge in [-0.3, -0.25) is 21.5 Å². The fourth-order valence-corrected chi connectivity index (χ4v) is 3.74. The second-order valence-corrected chi connectivity index (χ2v) is 8.71. The van der Waals surface area contributed by atoms with Crippen molar-refractivity contribution in [1.29, 1.82) is 0 Å². The van der Waals surface area contributed by atoms with Crippen molar-refractivity contribution in [2.24, 2.45) is 0 Å². The van der Waals surface area contributed by atoms with E-state index in [1.165, 1.54) is 23.3 Å². The number of allylic oxidation sites excluding steroid dienone is 1. The van der Waals surface area contributed by atoms with Gasteiger partial charge in [-0.05, 0) is 43.0 Å². The zero-order valence-electron chi connectivity index (χ0n) is 17.2. The van der Waals surface area contributed by atoms with Gasteiger partial charge < -0.3 is 9.35 Å². The Kier molecular flexibility index (Phi) is 11.3. The standard InChI is InChI=1S/C14H17NO2.C7H7ClNO2S.Na/c1-2-5-11-6-3-4-7-12(11)10-15-9-8-13(15)14(16)17;1-6-2-4-7(5-3-6)12(10,11)9-8;/h2-4,6-7,13H,1,5,8-10H2,(H,16,17);2-5H,1H3;/q;-1;+1. The SMILES string of the molecule is C=CCc1ccccc1CN1CCC1C(=O)O.Cc1ccc(S(=O)(=O)[N-]Cl)cc1.[Na+]. The largest absolute Gasteiger partial charge is 1.00 e. The molecule has 0 radical (unpaired) electrons. The third-order valence-corrected chi connectivity index (χ3v) is 6.28. The molecule has 9 heteroatoms. The first-order chi connectivity index (χ1) is 13.8. The van der Waals surface area contributed by atoms with Crippen molar-refractivity contribution < 1.29 is 47.9 Å². The molecular formula is C21H24ClN2NaO4S. The van der Waals surface area contributed by atoms with Gasteiger partial charge in [-0.25, -0.2) is 8.42 Å². The quantitative estimate of drug-likeness (QED) is 0.499. The molecule has 3 rings (SSSR count). The Labute approximate surface area is 205 Å². The summed E-state index contributed by atoms with van der Waals surface area (Å²) in [4.78, 5) is 13.1. The molecule has 2 aromatic rings. The van der Waals surface area contributed by atoms with Crippen LogP contribution in [0.25, 0.3) is 4.24 Å². The smallest absolute Gasteiger partial charge is 0.480 e. The molecule has 0 aliphatic carbocycles. The van der Waals surface area contributed by atoms with Crippen molar-refractivity contribution in [3.05, 3.63) is 82.1 Å². The van der Waals surface area contributed by atoms with Crippen LogP contribution in [0.1, 0.15) is 23.1 Å². The van der Waals surface area contributed by atoms with E-state index in [9.17, 15) is 13.2 Å². The summed E-state index contributed by atoms with van der Waals surface area (Å²) in [5, 5.41) is 9.00. The molecule has 0 amide bonds. The van der Waals surface area contributed by atoms with Crippen LogP contribution in [0.2, 0.25) is 0 Å². The monoisotopic (exact) mass is 458 g/mol. The fourth-order valence-electron chi connectivity index (χ4n) is 2.94. The van der Waals surface area contributed by atoms with E-state index in [-0.39, 0.29) is 40.5 Å². The minimum Gasteiger partial charge on any atom is -0.480 e. The molecule has 0 bridgehead atoms. The maximum Gasteiger partial charge on any atom is 1.00 e. The molecule has 1 atom stereocenters. The van der Waals surface area contributed by atoms with Gasteiger partial charge in [0.15, 0.2) is 0 Å². The van der Waals surface area contributed by atoms with Crippen LogP contribution < -0.4 is 29.6 Å². The van der Waals surface area contributed by atoms with Gasteiger partial charge in [0.2, 0.25) is 0 Å². The summed E-state index contributed by atoms with van der Waals surface area (Å²) in [5.41, 5.74) is 3.43. The molecule has 1 aliphatic rings. The summed E-state index contributed by atoms with van der Waals surface area (Å²) >= 11 is 4.90. The first-order valence-electron chi connectivity index (χ1n) is 9.08. The van der Waals surface area contributed by atoms with Gasteiger partial charge in [0.25, 0.3) is 0 Å². The van der Waals surface area contributed by atoms with Gasteiger partial charge in [0.05, 0.1) is 0 Å². The maximum atomic E-state index is 11.0. The molecule has 1 saturated heterocycles. The van der Waals surface area contributed by atoms with Gasteiger partial charge in [-0.1, -0.05) is 48.0 Å². The number of carbonyl (C=O) groups is 1. The number of aliphatic carboxylic acids is 1. The van der Waals surface area contributed by atoms with Gasteiger partial charge in [0.1, 0.15) is 16.1 Å². The molecule has 6 nitrogen and oxygen atoms in total. The van der Waals surface area contributed by atoms with Gasteiger partial charge in [0, 0.05) is 18.0 Å². The zero-order valence-corrected chi connectivity index (χ0v) is 20.7. The van der Waals surface area contributed by atoms with Crippen LogP contribution in [-0.4, -0.2) is 37.0 Å². The van der Waals surface area contributed by atoms with Crippen molar-refractivity contribution in [3.8, 4) is 0 Å². The Balaban J connectivity index is 0.000000308. The number of aryl methyl sites for hydroxylation is 1. The summed E-state index contributed by atoms with van der Waals surface area (Å²) in [6, 6.07) is 14.2. The number of halogens is 1. The summed E-state index contributed by atoms with van der Waals surface area (Å²) in [7, 11) is -3.62. The van der Waals surface area contributed by atoms with E-state index >= 15 is 0 Å². The number of likely N-dealkylation sites (tertiary alicyclic amines) is 1. The Morgan fingerprint density at radius 2 is 1.83 bits per heavy atom. The van der Waals surface area contributed by atoms with Crippen LogP contribution in [0.5, 0.6) is 0 Å². The van der Waals surface area contributed by atoms with Crippen LogP contribution in [-0.2, 0) is 27.8 Å². The average molecular weight is 459 g/mol. The van der Waals surface area contributed by atoms with Gasteiger partial charge >= 0.3 is 35.5 Å². The number of nitrogens with zero attached hydrogens (tertiary/aromatic N) is 2. The van der Waals surface area contributed by atoms with E-state index in [4.69, 9.17) is 16.9 Å². The molecule has 0 aromatic heterocycles. The Morgan fingerprint density at radius 3 is 2.30 bits per heavy atom. The van der Waals surface area contributed by atoms with Crippen LogP contribution in [0.4, 0.5) is 0 Å². The normalized spacial score (nSPS) is 15.7. The molecule has 30 heavy (non-hydrogen) atoms. The molecule has 1 fully saturated rings. The summed E-state index contributed by atoms with van der Waals surface area (Å²) < 4.78 is 24.8. The van der Waals surface area contributed by atoms with Crippen molar-refractivity contribution in [2.75, 3.05) is 6.54 Å². The first kappa shape index (κ1) is 26.8. The molecule has 156 valence electrons. The van der Waals surface area contributed by atoms with E-state index in [0.717, 1.165) is 31.5 Å². The van der Waals surface area contributed by atoms with E-state index in [2.05, 4.69) is 23.0 Å². The number of carboxylic acids is 1. The molecule has 0 saturated carbocycles. The van der Waals surface area contributed by atoms with Crippen molar-refractivity contribution in [2.45, 2.75) is 37.2 Å². The second-order valence-electron chi connectivity index (χ2n) is 6.73. The predicted octanol–water partition coefficient (Wildman–Crippen LogP) is 1.29. The van der Waals surface area contributed by atoms with Crippen molar-refractivity contribution in [1.82, 2.24) is 4.90 Å². The second kappa shape index (κ2) is 12.6. The average Bonchev–Trinajstić information content (AvgIpc) is 2.67. The predicted molar refractivity (Wildman–Crippen MR) is 114 cm³/mol. The van der Waals surface area contributed by atoms with Gasteiger partial charge in [-0.15, -0.1) is 6.58 Å². The minimum atomic E-state index is -3.62. The van der Waals surface area contributed by atoms with Crippen LogP contribution in [0.15, 0.2) is 66.1 Å². The third kappa shape index (κ3) is 7.50. The number of rotatable bonds is 7. The van der Waals surface area contributed by atoms with Crippen molar-refractivity contribution >= 4 is 27.8 Å². The molecule has 1 aliphatic heterocycles. The maximum absolute atomic E-state index is 11.0. The molecule has 1 unspecified atom stereocenters. The van der Waals surface area contributed by atoms with E-state index in [0.29, 0.717) is 0 Å². The number of benzene rings is 2. The van der Waals surface area contributed by atoms with E-state index < -0.39 is 16.0 Å². The molecule has 0 spiro atoms. The molecule has 2 aromatic carbocycles. The van der Waals surface area contributed by atoms with E-state index in [1.807, 2.05) is 30.0 Å². The molecule has 1 heterocycles. The summed E-state index contributed by atoms with van der Waals surface area (Å²) in [5.74, 6) is -0.711. The first-order valence-corrected chi connectivity index (χ1v) is 10.9. The van der Waals surface area contributed by atoms with Gasteiger partial charge in [-0.2, -0.15) is 0 Å². The topological polar surface area (TPSA) is 88.8 Å². The molecule has 1 N–H and O–H groups in total. The Hall–Kier alpha value is -1.19. The summed E-state index contributed by atoms with van der Waals surface area (Å²) in [6.45, 7) is 7.21. The third-order valence-electron chi connectivity index (χ3n) is 4.68.